The number of methoxy groups -OCH3 is 1. The van der Waals surface area contributed by atoms with Gasteiger partial charge in [-0.3, -0.25) is 9.69 Å². The Balaban J connectivity index is 1.27. The van der Waals surface area contributed by atoms with Crippen LogP contribution in [-0.2, 0) is 33.9 Å². The van der Waals surface area contributed by atoms with Crippen LogP contribution >= 0.6 is 0 Å². The van der Waals surface area contributed by atoms with Crippen molar-refractivity contribution in [3.8, 4) is 17.2 Å². The van der Waals surface area contributed by atoms with Gasteiger partial charge in [-0.2, -0.15) is 13.2 Å². The van der Waals surface area contributed by atoms with Gasteiger partial charge in [0.15, 0.2) is 17.7 Å². The average Bonchev–Trinajstić information content (AvgIpc) is 3.41. The van der Waals surface area contributed by atoms with Gasteiger partial charge >= 0.3 is 12.1 Å². The van der Waals surface area contributed by atoms with E-state index in [-0.39, 0.29) is 13.0 Å². The number of amides is 1. The second-order valence-electron chi connectivity index (χ2n) is 13.0. The van der Waals surface area contributed by atoms with E-state index < -0.39 is 29.7 Å². The molecule has 1 unspecified atom stereocenters. The normalized spacial score (nSPS) is 17.8. The van der Waals surface area contributed by atoms with Crippen LogP contribution < -0.4 is 14.2 Å². The smallest absolute Gasteiger partial charge is 0.491 e. The van der Waals surface area contributed by atoms with E-state index in [4.69, 9.17) is 18.9 Å². The van der Waals surface area contributed by atoms with Gasteiger partial charge in [-0.15, -0.1) is 0 Å². The van der Waals surface area contributed by atoms with Gasteiger partial charge < -0.3 is 23.8 Å². The largest absolute Gasteiger partial charge is 0.493 e. The Morgan fingerprint density at radius 1 is 0.854 bits per heavy atom. The lowest BCUT2D eigenvalue weighted by Crippen LogP contribution is -2.51. The van der Waals surface area contributed by atoms with Crippen molar-refractivity contribution in [2.75, 3.05) is 33.4 Å². The predicted molar refractivity (Wildman–Crippen MR) is 173 cm³/mol. The predicted octanol–water partition coefficient (Wildman–Crippen LogP) is 6.80. The van der Waals surface area contributed by atoms with Gasteiger partial charge in [0, 0.05) is 24.1 Å². The molecule has 0 saturated carbocycles. The van der Waals surface area contributed by atoms with E-state index in [9.17, 15) is 22.8 Å². The summed E-state index contributed by atoms with van der Waals surface area (Å²) < 4.78 is 63.0. The van der Waals surface area contributed by atoms with Crippen LogP contribution in [0.4, 0.5) is 13.2 Å². The third-order valence-electron chi connectivity index (χ3n) is 9.04. The Kier molecular flexibility index (Phi) is 11.2. The summed E-state index contributed by atoms with van der Waals surface area (Å²) in [7, 11) is 1.50. The van der Waals surface area contributed by atoms with Crippen LogP contribution in [0.3, 0.4) is 0 Å². The van der Waals surface area contributed by atoms with Crippen molar-refractivity contribution >= 4 is 11.9 Å². The number of piperidine rings is 1. The van der Waals surface area contributed by atoms with Gasteiger partial charge in [-0.25, -0.2) is 4.79 Å². The highest BCUT2D eigenvalue weighted by molar-refractivity contribution is 5.81. The fourth-order valence-electron chi connectivity index (χ4n) is 6.41. The lowest BCUT2D eigenvalue weighted by Gasteiger charge is -2.43. The molecule has 2 saturated heterocycles. The summed E-state index contributed by atoms with van der Waals surface area (Å²) in [6.07, 6.45) is -5.22. The first-order valence-corrected chi connectivity index (χ1v) is 16.3. The molecule has 5 rings (SSSR count). The molecule has 2 heterocycles. The number of para-hydroxylation sites is 1. The molecule has 1 atom stereocenters. The number of ether oxygens (including phenoxy) is 4. The highest BCUT2D eigenvalue weighted by Crippen LogP contribution is 2.47. The molecular weight excluding hydrogens is 625 g/mol. The summed E-state index contributed by atoms with van der Waals surface area (Å²) in [5.74, 6) is -0.600. The van der Waals surface area contributed by atoms with E-state index in [1.807, 2.05) is 54.6 Å². The minimum atomic E-state index is -5.18. The number of hydrogen-bond acceptors (Lipinski definition) is 7. The zero-order valence-corrected chi connectivity index (χ0v) is 27.6. The third kappa shape index (κ3) is 8.61. The summed E-state index contributed by atoms with van der Waals surface area (Å²) in [5.41, 5.74) is 1.82. The van der Waals surface area contributed by atoms with Crippen molar-refractivity contribution in [2.24, 2.45) is 11.3 Å². The van der Waals surface area contributed by atoms with Gasteiger partial charge in [-0.1, -0.05) is 68.4 Å². The number of nitrogens with zero attached hydrogens (tertiary/aromatic N) is 2. The first kappa shape index (κ1) is 35.1. The van der Waals surface area contributed by atoms with Crippen LogP contribution in [0.15, 0.2) is 72.8 Å². The Morgan fingerprint density at radius 2 is 1.54 bits per heavy atom. The molecular formula is C37H43F3N2O6. The van der Waals surface area contributed by atoms with Crippen molar-refractivity contribution in [2.45, 2.75) is 65.1 Å². The van der Waals surface area contributed by atoms with Gasteiger partial charge in [0.05, 0.1) is 20.1 Å². The van der Waals surface area contributed by atoms with E-state index in [1.165, 1.54) is 12.0 Å². The topological polar surface area (TPSA) is 77.5 Å². The van der Waals surface area contributed by atoms with E-state index in [0.29, 0.717) is 75.1 Å². The van der Waals surface area contributed by atoms with Crippen LogP contribution in [0.2, 0.25) is 0 Å². The van der Waals surface area contributed by atoms with Crippen molar-refractivity contribution in [3.05, 3.63) is 89.5 Å². The maximum absolute atomic E-state index is 13.7. The lowest BCUT2D eigenvalue weighted by molar-refractivity contribution is -0.219. The molecule has 3 aromatic rings. The number of benzene rings is 3. The van der Waals surface area contributed by atoms with E-state index in [2.05, 4.69) is 18.7 Å². The maximum atomic E-state index is 13.7. The number of hydrogen-bond donors (Lipinski definition) is 0. The summed E-state index contributed by atoms with van der Waals surface area (Å²) >= 11 is 0. The second-order valence-corrected chi connectivity index (χ2v) is 13.0. The molecule has 48 heavy (non-hydrogen) atoms. The lowest BCUT2D eigenvalue weighted by atomic mass is 9.76. The first-order chi connectivity index (χ1) is 23.0. The Labute approximate surface area is 279 Å². The third-order valence-corrected chi connectivity index (χ3v) is 9.04. The van der Waals surface area contributed by atoms with Gasteiger partial charge in [0.2, 0.25) is 5.91 Å². The molecule has 0 bridgehead atoms. The zero-order chi connectivity index (χ0) is 34.3. The number of rotatable bonds is 12. The molecule has 3 aromatic carbocycles. The molecule has 258 valence electrons. The van der Waals surface area contributed by atoms with Crippen LogP contribution in [0.5, 0.6) is 17.2 Å². The highest BCUT2D eigenvalue weighted by Gasteiger charge is 2.55. The van der Waals surface area contributed by atoms with Crippen molar-refractivity contribution in [3.63, 3.8) is 0 Å². The quantitative estimate of drug-likeness (QED) is 0.197. The first-order valence-electron chi connectivity index (χ1n) is 16.3. The summed E-state index contributed by atoms with van der Waals surface area (Å²) in [5, 5.41) is 0. The second kappa shape index (κ2) is 15.3. The molecule has 0 aromatic heterocycles. The summed E-state index contributed by atoms with van der Waals surface area (Å²) in [6, 6.07) is 22.6. The van der Waals surface area contributed by atoms with Crippen molar-refractivity contribution < 1.29 is 41.7 Å². The molecule has 2 aliphatic heterocycles. The fraction of sp³-hybridized carbons (Fsp3) is 0.459. The standard InChI is InChI=1S/C37H43F3N2O6/c1-26(2)24-46-30-12-8-7-11-29(30)23-41-18-15-36(16-19-41)17-20-42(34(36)48-35(44)37(38,39)40)33(43)22-28-13-14-31(32(21-28)45-3)47-25-27-9-5-4-6-10-27/h4-14,21,26,34H,15-20,22-25H2,1-3H3. The number of esters is 1. The summed E-state index contributed by atoms with van der Waals surface area (Å²) in [6.45, 7) is 7.04. The molecule has 0 N–H and O–H groups in total. The van der Waals surface area contributed by atoms with E-state index >= 15 is 0 Å². The zero-order valence-electron chi connectivity index (χ0n) is 27.6. The number of carbonyl (C=O) groups is 2. The van der Waals surface area contributed by atoms with E-state index in [1.54, 1.807) is 18.2 Å². The minimum absolute atomic E-state index is 0.106. The summed E-state index contributed by atoms with van der Waals surface area (Å²) in [4.78, 5) is 29.4. The molecule has 1 spiro atoms. The van der Waals surface area contributed by atoms with Gasteiger partial charge in [0.1, 0.15) is 12.4 Å². The molecule has 11 heteroatoms. The Bertz CT molecular complexity index is 1540. The SMILES string of the molecule is COc1cc(CC(=O)N2CCC3(CCN(Cc4ccccc4OCC(C)C)CC3)C2OC(=O)C(F)(F)F)ccc1OCc1ccccc1. The molecule has 8 nitrogen and oxygen atoms in total. The number of alkyl halides is 3. The molecule has 2 aliphatic rings. The van der Waals surface area contributed by atoms with Crippen LogP contribution in [0.1, 0.15) is 49.8 Å². The Hall–Kier alpha value is -4.25. The number of halogens is 3. The van der Waals surface area contributed by atoms with Gasteiger partial charge in [-0.05, 0) is 67.6 Å². The van der Waals surface area contributed by atoms with Crippen LogP contribution in [0, 0.1) is 11.3 Å². The number of likely N-dealkylation sites (tertiary alicyclic amines) is 2. The molecule has 0 aliphatic carbocycles. The van der Waals surface area contributed by atoms with Crippen LogP contribution in [0.25, 0.3) is 0 Å². The monoisotopic (exact) mass is 668 g/mol. The molecule has 1 amide bonds. The highest BCUT2D eigenvalue weighted by atomic mass is 19.4. The van der Waals surface area contributed by atoms with Crippen LogP contribution in [-0.4, -0.2) is 67.4 Å². The van der Waals surface area contributed by atoms with E-state index in [0.717, 1.165) is 16.9 Å². The van der Waals surface area contributed by atoms with Gasteiger partial charge in [0.25, 0.3) is 0 Å². The Morgan fingerprint density at radius 3 is 2.23 bits per heavy atom. The maximum Gasteiger partial charge on any atom is 0.491 e. The molecule has 2 fully saturated rings. The number of carbonyl (C=O) groups excluding carboxylic acids is 2. The minimum Gasteiger partial charge on any atom is -0.493 e. The van der Waals surface area contributed by atoms with Crippen molar-refractivity contribution in [1.29, 1.82) is 0 Å². The van der Waals surface area contributed by atoms with Crippen molar-refractivity contribution in [1.82, 2.24) is 9.80 Å². The molecule has 0 radical (unpaired) electrons. The fourth-order valence-corrected chi connectivity index (χ4v) is 6.41. The average molecular weight is 669 g/mol.